The van der Waals surface area contributed by atoms with Crippen molar-refractivity contribution in [3.63, 3.8) is 0 Å². The number of fused-ring (bicyclic) bond motifs is 1. The minimum atomic E-state index is -0.357. The molecule has 1 aliphatic heterocycles. The largest absolute Gasteiger partial charge is 0.494 e. The van der Waals surface area contributed by atoms with Crippen molar-refractivity contribution in [1.82, 2.24) is 0 Å². The van der Waals surface area contributed by atoms with Gasteiger partial charge in [-0.3, -0.25) is 0 Å². The van der Waals surface area contributed by atoms with Crippen LogP contribution in [0.3, 0.4) is 0 Å². The molecule has 0 fully saturated rings. The number of nitrogens with two attached hydrogens (primary N) is 1. The Balaban J connectivity index is 1.44. The van der Waals surface area contributed by atoms with E-state index in [1.54, 1.807) is 0 Å². The van der Waals surface area contributed by atoms with Crippen LogP contribution in [0.4, 0.5) is 0 Å². The molecule has 1 heterocycles. The van der Waals surface area contributed by atoms with Crippen LogP contribution in [0.25, 0.3) is 0 Å². The van der Waals surface area contributed by atoms with E-state index >= 15 is 0 Å². The van der Waals surface area contributed by atoms with E-state index in [1.165, 1.54) is 7.11 Å². The zero-order valence-corrected chi connectivity index (χ0v) is 16.1. The van der Waals surface area contributed by atoms with Gasteiger partial charge in [0.15, 0.2) is 0 Å². The molecule has 0 saturated heterocycles. The Morgan fingerprint density at radius 1 is 1.11 bits per heavy atom. The number of methoxy groups -OCH3 is 1. The highest BCUT2D eigenvalue weighted by molar-refractivity contribution is 5.70. The molecule has 0 unspecified atom stereocenters. The normalized spacial score (nSPS) is 15.7. The lowest BCUT2D eigenvalue weighted by atomic mass is 10.0. The van der Waals surface area contributed by atoms with Gasteiger partial charge in [0.05, 0.1) is 20.3 Å². The van der Waals surface area contributed by atoms with Crippen molar-refractivity contribution >= 4 is 5.97 Å². The number of rotatable bonds is 13. The molecular formula is C20H31NO6. The Labute approximate surface area is 161 Å². The standard InChI is InChI=1S/C20H31NO6/c1-23-20(22)15-25-11-5-10-24-9-3-2-4-12-26-16-6-7-19-17(14-16)18(21)8-13-27-19/h6-7,14,18H,2-5,8-13,15,21H2,1H3/t18-/m0/s1. The zero-order chi connectivity index (χ0) is 19.3. The van der Waals surface area contributed by atoms with Crippen molar-refractivity contribution in [2.75, 3.05) is 46.8 Å². The van der Waals surface area contributed by atoms with Gasteiger partial charge in [0.25, 0.3) is 0 Å². The highest BCUT2D eigenvalue weighted by Crippen LogP contribution is 2.33. The minimum absolute atomic E-state index is 0.000317. The van der Waals surface area contributed by atoms with Gasteiger partial charge in [-0.2, -0.15) is 0 Å². The average molecular weight is 381 g/mol. The van der Waals surface area contributed by atoms with Gasteiger partial charge in [0.2, 0.25) is 0 Å². The van der Waals surface area contributed by atoms with Gasteiger partial charge in [0.1, 0.15) is 18.1 Å². The number of esters is 1. The van der Waals surface area contributed by atoms with Gasteiger partial charge in [-0.05, 0) is 43.9 Å². The maximum Gasteiger partial charge on any atom is 0.331 e. The highest BCUT2D eigenvalue weighted by Gasteiger charge is 2.18. The van der Waals surface area contributed by atoms with E-state index in [1.807, 2.05) is 18.2 Å². The molecule has 152 valence electrons. The molecule has 27 heavy (non-hydrogen) atoms. The van der Waals surface area contributed by atoms with Gasteiger partial charge in [-0.1, -0.05) is 0 Å². The van der Waals surface area contributed by atoms with Gasteiger partial charge in [-0.15, -0.1) is 0 Å². The summed E-state index contributed by atoms with van der Waals surface area (Å²) in [5.74, 6) is 1.36. The number of ether oxygens (including phenoxy) is 5. The third kappa shape index (κ3) is 8.15. The smallest absolute Gasteiger partial charge is 0.331 e. The Morgan fingerprint density at radius 3 is 2.74 bits per heavy atom. The van der Waals surface area contributed by atoms with Crippen LogP contribution < -0.4 is 15.2 Å². The van der Waals surface area contributed by atoms with Crippen molar-refractivity contribution < 1.29 is 28.5 Å². The predicted molar refractivity (Wildman–Crippen MR) is 101 cm³/mol. The van der Waals surface area contributed by atoms with E-state index in [0.29, 0.717) is 26.4 Å². The van der Waals surface area contributed by atoms with Gasteiger partial charge in [-0.25, -0.2) is 4.79 Å². The Kier molecular flexibility index (Phi) is 9.97. The average Bonchev–Trinajstić information content (AvgIpc) is 2.69. The maximum atomic E-state index is 10.8. The third-order valence-corrected chi connectivity index (χ3v) is 4.29. The van der Waals surface area contributed by atoms with Crippen LogP contribution >= 0.6 is 0 Å². The molecule has 1 aromatic carbocycles. The number of benzene rings is 1. The molecule has 0 amide bonds. The second-order valence-corrected chi connectivity index (χ2v) is 6.45. The molecule has 2 rings (SSSR count). The van der Waals surface area contributed by atoms with Gasteiger partial charge in [0, 0.05) is 37.8 Å². The van der Waals surface area contributed by atoms with Crippen molar-refractivity contribution in [1.29, 1.82) is 0 Å². The lowest BCUT2D eigenvalue weighted by Gasteiger charge is -2.23. The monoisotopic (exact) mass is 381 g/mol. The molecule has 0 spiro atoms. The van der Waals surface area contributed by atoms with Crippen molar-refractivity contribution in [2.45, 2.75) is 38.1 Å². The summed E-state index contributed by atoms with van der Waals surface area (Å²) in [6.45, 7) is 3.21. The summed E-state index contributed by atoms with van der Waals surface area (Å²) < 4.78 is 26.6. The molecule has 0 aromatic heterocycles. The summed E-state index contributed by atoms with van der Waals surface area (Å²) in [6.07, 6.45) is 4.63. The van der Waals surface area contributed by atoms with Crippen LogP contribution in [-0.2, 0) is 19.0 Å². The number of carbonyl (C=O) groups excluding carboxylic acids is 1. The fourth-order valence-electron chi connectivity index (χ4n) is 2.74. The fraction of sp³-hybridized carbons (Fsp3) is 0.650. The molecule has 7 heteroatoms. The third-order valence-electron chi connectivity index (χ3n) is 4.29. The van der Waals surface area contributed by atoms with E-state index in [-0.39, 0.29) is 18.6 Å². The number of hydrogen-bond donors (Lipinski definition) is 1. The zero-order valence-electron chi connectivity index (χ0n) is 16.1. The van der Waals surface area contributed by atoms with E-state index in [2.05, 4.69) is 4.74 Å². The van der Waals surface area contributed by atoms with Crippen LogP contribution in [0, 0.1) is 0 Å². The molecule has 0 aliphatic carbocycles. The topological polar surface area (TPSA) is 89.2 Å². The molecule has 0 saturated carbocycles. The Morgan fingerprint density at radius 2 is 1.89 bits per heavy atom. The molecule has 1 atom stereocenters. The first-order valence-electron chi connectivity index (χ1n) is 9.58. The Hall–Kier alpha value is -1.83. The fourth-order valence-corrected chi connectivity index (χ4v) is 2.74. The molecule has 0 radical (unpaired) electrons. The van der Waals surface area contributed by atoms with Crippen molar-refractivity contribution in [3.8, 4) is 11.5 Å². The number of carbonyl (C=O) groups is 1. The molecular weight excluding hydrogens is 350 g/mol. The van der Waals surface area contributed by atoms with E-state index < -0.39 is 0 Å². The second-order valence-electron chi connectivity index (χ2n) is 6.45. The lowest BCUT2D eigenvalue weighted by Crippen LogP contribution is -2.20. The molecule has 1 aromatic rings. The molecule has 1 aliphatic rings. The molecule has 0 bridgehead atoms. The van der Waals surface area contributed by atoms with Crippen LogP contribution in [-0.4, -0.2) is 52.7 Å². The lowest BCUT2D eigenvalue weighted by molar-refractivity contribution is -0.146. The highest BCUT2D eigenvalue weighted by atomic mass is 16.6. The predicted octanol–water partition coefficient (Wildman–Crippen LogP) is 2.61. The summed E-state index contributed by atoms with van der Waals surface area (Å²) >= 11 is 0. The van der Waals surface area contributed by atoms with E-state index in [9.17, 15) is 4.79 Å². The van der Waals surface area contributed by atoms with Crippen LogP contribution in [0.5, 0.6) is 11.5 Å². The molecule has 7 nitrogen and oxygen atoms in total. The molecule has 2 N–H and O–H groups in total. The van der Waals surface area contributed by atoms with Crippen molar-refractivity contribution in [3.05, 3.63) is 23.8 Å². The minimum Gasteiger partial charge on any atom is -0.494 e. The Bertz CT molecular complexity index is 565. The van der Waals surface area contributed by atoms with Crippen LogP contribution in [0.1, 0.15) is 43.7 Å². The van der Waals surface area contributed by atoms with E-state index in [4.69, 9.17) is 24.7 Å². The first kappa shape index (κ1) is 21.5. The summed E-state index contributed by atoms with van der Waals surface area (Å²) in [7, 11) is 1.34. The summed E-state index contributed by atoms with van der Waals surface area (Å²) in [4.78, 5) is 10.8. The summed E-state index contributed by atoms with van der Waals surface area (Å²) in [5, 5.41) is 0. The van der Waals surface area contributed by atoms with Crippen LogP contribution in [0.2, 0.25) is 0 Å². The summed E-state index contributed by atoms with van der Waals surface area (Å²) in [6, 6.07) is 5.89. The first-order valence-corrected chi connectivity index (χ1v) is 9.58. The quantitative estimate of drug-likeness (QED) is 0.415. The first-order chi connectivity index (χ1) is 13.2. The second kappa shape index (κ2) is 12.5. The SMILES string of the molecule is COC(=O)COCCCOCCCCCOc1ccc2c(c1)[C@@H](N)CCO2. The van der Waals surface area contributed by atoms with E-state index in [0.717, 1.165) is 55.8 Å². The maximum absolute atomic E-state index is 10.8. The van der Waals surface area contributed by atoms with Crippen LogP contribution in [0.15, 0.2) is 18.2 Å². The number of unbranched alkanes of at least 4 members (excludes halogenated alkanes) is 2. The number of hydrogen-bond acceptors (Lipinski definition) is 7. The van der Waals surface area contributed by atoms with Gasteiger partial charge < -0.3 is 29.4 Å². The van der Waals surface area contributed by atoms with Crippen molar-refractivity contribution in [2.24, 2.45) is 5.73 Å². The van der Waals surface area contributed by atoms with Gasteiger partial charge >= 0.3 is 5.97 Å². The summed E-state index contributed by atoms with van der Waals surface area (Å²) in [5.41, 5.74) is 7.15.